The molecule has 1 fully saturated rings. The van der Waals surface area contributed by atoms with Gasteiger partial charge in [-0.15, -0.1) is 0 Å². The van der Waals surface area contributed by atoms with Gasteiger partial charge in [-0.2, -0.15) is 5.10 Å². The van der Waals surface area contributed by atoms with Gasteiger partial charge in [0.25, 0.3) is 0 Å². The molecule has 41 heavy (non-hydrogen) atoms. The summed E-state index contributed by atoms with van der Waals surface area (Å²) in [6, 6.07) is 7.30. The topological polar surface area (TPSA) is 105 Å². The zero-order valence-electron chi connectivity index (χ0n) is 25.0. The zero-order valence-corrected chi connectivity index (χ0v) is 25.0. The highest BCUT2D eigenvalue weighted by atomic mass is 16.6. The number of benzene rings is 1. The van der Waals surface area contributed by atoms with Crippen LogP contribution in [0, 0.1) is 5.41 Å². The lowest BCUT2D eigenvalue weighted by Gasteiger charge is -2.38. The van der Waals surface area contributed by atoms with E-state index >= 15 is 0 Å². The summed E-state index contributed by atoms with van der Waals surface area (Å²) in [7, 11) is 0. The molecule has 0 radical (unpaired) electrons. The van der Waals surface area contributed by atoms with Gasteiger partial charge in [-0.25, -0.2) is 9.59 Å². The van der Waals surface area contributed by atoms with E-state index in [1.807, 2.05) is 48.2 Å². The number of amides is 1. The van der Waals surface area contributed by atoms with Crippen LogP contribution < -0.4 is 10.2 Å². The van der Waals surface area contributed by atoms with Gasteiger partial charge in [-0.3, -0.25) is 9.48 Å². The van der Waals surface area contributed by atoms with E-state index in [2.05, 4.69) is 20.8 Å². The first-order valence-electron chi connectivity index (χ1n) is 14.3. The van der Waals surface area contributed by atoms with Crippen molar-refractivity contribution in [3.63, 3.8) is 0 Å². The van der Waals surface area contributed by atoms with Crippen molar-refractivity contribution in [2.24, 2.45) is 5.41 Å². The van der Waals surface area contributed by atoms with Crippen LogP contribution in [0.1, 0.15) is 77.7 Å². The Hall–Kier alpha value is -3.82. The second-order valence-electron chi connectivity index (χ2n) is 12.9. The summed E-state index contributed by atoms with van der Waals surface area (Å²) >= 11 is 0. The number of hydrogen-bond donors (Lipinski definition) is 0. The fraction of sp³-hybridized carbons (Fsp3) is 0.548. The molecule has 10 nitrogen and oxygen atoms in total. The molecule has 5 rings (SSSR count). The molecule has 4 heterocycles. The van der Waals surface area contributed by atoms with Crippen LogP contribution in [0.3, 0.4) is 0 Å². The fourth-order valence-electron chi connectivity index (χ4n) is 5.59. The minimum Gasteiger partial charge on any atom is -0.488 e. The molecular weight excluding hydrogens is 524 g/mol. The van der Waals surface area contributed by atoms with Gasteiger partial charge in [0.2, 0.25) is 0 Å². The number of carbonyl (C=O) groups excluding carboxylic acids is 2. The molecule has 0 saturated carbocycles. The maximum atomic E-state index is 13.1. The Bertz CT molecular complexity index is 1530. The molecule has 1 amide bonds. The van der Waals surface area contributed by atoms with E-state index in [4.69, 9.17) is 19.3 Å². The van der Waals surface area contributed by atoms with Gasteiger partial charge < -0.3 is 23.7 Å². The van der Waals surface area contributed by atoms with Crippen molar-refractivity contribution in [1.82, 2.24) is 19.2 Å². The Balaban J connectivity index is 1.47. The van der Waals surface area contributed by atoms with Crippen molar-refractivity contribution in [2.45, 2.75) is 85.6 Å². The predicted octanol–water partition coefficient (Wildman–Crippen LogP) is 5.42. The van der Waals surface area contributed by atoms with Crippen LogP contribution in [0.15, 0.2) is 35.3 Å². The number of pyridine rings is 1. The van der Waals surface area contributed by atoms with Crippen LogP contribution in [0.5, 0.6) is 5.75 Å². The average Bonchev–Trinajstić information content (AvgIpc) is 3.27. The molecule has 2 aliphatic rings. The molecule has 0 bridgehead atoms. The minimum absolute atomic E-state index is 0.0314. The summed E-state index contributed by atoms with van der Waals surface area (Å²) in [5, 5.41) is 5.85. The fourth-order valence-corrected chi connectivity index (χ4v) is 5.59. The molecule has 2 aromatic heterocycles. The molecule has 220 valence electrons. The van der Waals surface area contributed by atoms with E-state index in [-0.39, 0.29) is 41.3 Å². The molecule has 3 aromatic rings. The monoisotopic (exact) mass is 564 g/mol. The lowest BCUT2D eigenvalue weighted by atomic mass is 9.85. The van der Waals surface area contributed by atoms with Crippen molar-refractivity contribution < 1.29 is 23.8 Å². The highest BCUT2D eigenvalue weighted by Gasteiger charge is 2.36. The lowest BCUT2D eigenvalue weighted by molar-refractivity contribution is 0.0127. The number of aromatic nitrogens is 3. The lowest BCUT2D eigenvalue weighted by Crippen LogP contribution is -2.44. The number of nitrogens with zero attached hydrogens (tertiary/aromatic N) is 4. The smallest absolute Gasteiger partial charge is 0.410 e. The van der Waals surface area contributed by atoms with E-state index in [1.165, 1.54) is 6.07 Å². The number of hydrogen-bond acceptors (Lipinski definition) is 7. The Morgan fingerprint density at radius 1 is 1.07 bits per heavy atom. The van der Waals surface area contributed by atoms with Crippen LogP contribution in [-0.2, 0) is 16.0 Å². The van der Waals surface area contributed by atoms with E-state index in [0.29, 0.717) is 43.9 Å². The van der Waals surface area contributed by atoms with Crippen LogP contribution in [0.2, 0.25) is 0 Å². The molecule has 1 unspecified atom stereocenters. The molecule has 0 spiro atoms. The van der Waals surface area contributed by atoms with Crippen molar-refractivity contribution in [2.75, 3.05) is 19.7 Å². The van der Waals surface area contributed by atoms with Crippen LogP contribution in [0.25, 0.3) is 22.3 Å². The van der Waals surface area contributed by atoms with Gasteiger partial charge in [-0.05, 0) is 39.2 Å². The third-order valence-corrected chi connectivity index (χ3v) is 7.62. The van der Waals surface area contributed by atoms with Crippen LogP contribution in [0.4, 0.5) is 4.79 Å². The standard InChI is InChI=1S/C31H40N4O6/c1-8-39-28(37)21-17-34-22(16-23(21)36)27-20-10-9-11-24(26(20)32-35(27)18-25(34)30(2,3)4)40-19-12-14-33(15-13-19)29(38)41-31(5,6)7/h9-11,16-17,19,25H,8,12-15,18H2,1-7H3. The van der Waals surface area contributed by atoms with Crippen LogP contribution in [-0.4, -0.2) is 62.7 Å². The quantitative estimate of drug-likeness (QED) is 0.390. The third kappa shape index (κ3) is 5.69. The molecule has 1 aromatic carbocycles. The summed E-state index contributed by atoms with van der Waals surface area (Å²) in [6.07, 6.45) is 2.65. The predicted molar refractivity (Wildman–Crippen MR) is 155 cm³/mol. The number of ether oxygens (including phenoxy) is 3. The van der Waals surface area contributed by atoms with Gasteiger partial charge in [0.1, 0.15) is 28.5 Å². The Morgan fingerprint density at radius 2 is 1.78 bits per heavy atom. The van der Waals surface area contributed by atoms with Crippen molar-refractivity contribution in [3.05, 3.63) is 46.2 Å². The second-order valence-corrected chi connectivity index (χ2v) is 12.9. The van der Waals surface area contributed by atoms with Gasteiger partial charge in [0, 0.05) is 43.6 Å². The van der Waals surface area contributed by atoms with E-state index in [9.17, 15) is 14.4 Å². The molecule has 0 N–H and O–H groups in total. The Kier molecular flexibility index (Phi) is 7.38. The first kappa shape index (κ1) is 28.7. The Morgan fingerprint density at radius 3 is 2.41 bits per heavy atom. The summed E-state index contributed by atoms with van der Waals surface area (Å²) in [4.78, 5) is 39.9. The Labute approximate surface area is 240 Å². The largest absolute Gasteiger partial charge is 0.488 e. The summed E-state index contributed by atoms with van der Waals surface area (Å²) in [5.74, 6) is 0.0577. The highest BCUT2D eigenvalue weighted by Crippen LogP contribution is 2.43. The maximum absolute atomic E-state index is 13.1. The number of fused-ring (bicyclic) bond motifs is 5. The molecular formula is C31H40N4O6. The molecule has 10 heteroatoms. The summed E-state index contributed by atoms with van der Waals surface area (Å²) < 4.78 is 21.1. The summed E-state index contributed by atoms with van der Waals surface area (Å²) in [5.41, 5.74) is 1.18. The van der Waals surface area contributed by atoms with Gasteiger partial charge in [0.15, 0.2) is 5.43 Å². The van der Waals surface area contributed by atoms with Gasteiger partial charge in [0.05, 0.1) is 30.6 Å². The normalized spacial score (nSPS) is 17.6. The van der Waals surface area contributed by atoms with Gasteiger partial charge in [-0.1, -0.05) is 32.9 Å². The zero-order chi connectivity index (χ0) is 29.7. The minimum atomic E-state index is -0.613. The number of rotatable bonds is 4. The molecule has 0 aliphatic carbocycles. The molecule has 2 aliphatic heterocycles. The van der Waals surface area contributed by atoms with E-state index < -0.39 is 11.6 Å². The first-order chi connectivity index (χ1) is 19.3. The highest BCUT2D eigenvalue weighted by molar-refractivity contribution is 5.97. The SMILES string of the molecule is CCOC(=O)c1cn2c(cc1=O)-c1c3cccc(OC4CCN(C(=O)OC(C)(C)C)CC4)c3nn1CC2C(C)(C)C. The van der Waals surface area contributed by atoms with Crippen molar-refractivity contribution in [1.29, 1.82) is 0 Å². The van der Waals surface area contributed by atoms with E-state index in [0.717, 1.165) is 16.6 Å². The summed E-state index contributed by atoms with van der Waals surface area (Å²) in [6.45, 7) is 15.6. The number of esters is 1. The third-order valence-electron chi connectivity index (χ3n) is 7.62. The van der Waals surface area contributed by atoms with Crippen molar-refractivity contribution >= 4 is 23.0 Å². The van der Waals surface area contributed by atoms with Crippen molar-refractivity contribution in [3.8, 4) is 17.1 Å². The average molecular weight is 565 g/mol. The van der Waals surface area contributed by atoms with Crippen LogP contribution >= 0.6 is 0 Å². The van der Waals surface area contributed by atoms with E-state index in [1.54, 1.807) is 18.0 Å². The number of piperidine rings is 1. The number of likely N-dealkylation sites (tertiary alicyclic amines) is 1. The second kappa shape index (κ2) is 10.5. The molecule has 1 atom stereocenters. The molecule has 1 saturated heterocycles. The maximum Gasteiger partial charge on any atom is 0.410 e. The first-order valence-corrected chi connectivity index (χ1v) is 14.3. The van der Waals surface area contributed by atoms with Gasteiger partial charge >= 0.3 is 12.1 Å². The number of carbonyl (C=O) groups is 2.